The smallest absolute Gasteiger partial charge is 0.287 e. The van der Waals surface area contributed by atoms with Crippen molar-refractivity contribution in [1.82, 2.24) is 9.91 Å². The molecule has 1 aromatic carbocycles. The fraction of sp³-hybridized carbons (Fsp3) is 0.438. The third-order valence-electron chi connectivity index (χ3n) is 3.69. The molecule has 128 valence electrons. The summed E-state index contributed by atoms with van der Waals surface area (Å²) >= 11 is 0. The molecule has 0 saturated carbocycles. The normalized spacial score (nSPS) is 20.7. The molecule has 1 aromatic rings. The minimum Gasteiger partial charge on any atom is -0.440 e. The van der Waals surface area contributed by atoms with Gasteiger partial charge in [0.15, 0.2) is 6.29 Å². The Morgan fingerprint density at radius 2 is 1.92 bits per heavy atom. The van der Waals surface area contributed by atoms with Crippen molar-refractivity contribution in [3.05, 3.63) is 35.9 Å². The van der Waals surface area contributed by atoms with Crippen molar-refractivity contribution < 1.29 is 23.8 Å². The van der Waals surface area contributed by atoms with Crippen molar-refractivity contribution >= 4 is 17.7 Å². The van der Waals surface area contributed by atoms with Crippen LogP contribution in [-0.4, -0.2) is 66.9 Å². The summed E-state index contributed by atoms with van der Waals surface area (Å²) in [5, 5.41) is 5.20. The number of hydrogen-bond acceptors (Lipinski definition) is 6. The summed E-state index contributed by atoms with van der Waals surface area (Å²) < 4.78 is 16.3. The fourth-order valence-corrected chi connectivity index (χ4v) is 2.44. The second-order valence-electron chi connectivity index (χ2n) is 5.49. The molecule has 8 heteroatoms. The van der Waals surface area contributed by atoms with Crippen molar-refractivity contribution in [2.24, 2.45) is 5.10 Å². The molecule has 2 aliphatic heterocycles. The number of benzene rings is 1. The Morgan fingerprint density at radius 1 is 1.25 bits per heavy atom. The molecule has 1 unspecified atom stereocenters. The number of rotatable bonds is 4. The van der Waals surface area contributed by atoms with E-state index in [1.165, 1.54) is 11.8 Å². The summed E-state index contributed by atoms with van der Waals surface area (Å²) in [5.41, 5.74) is 0.698. The first-order valence-corrected chi connectivity index (χ1v) is 7.65. The van der Waals surface area contributed by atoms with Crippen LogP contribution >= 0.6 is 0 Å². The average Bonchev–Trinajstić information content (AvgIpc) is 3.24. The Morgan fingerprint density at radius 3 is 2.54 bits per heavy atom. The molecule has 1 saturated heterocycles. The average molecular weight is 333 g/mol. The van der Waals surface area contributed by atoms with Crippen LogP contribution < -0.4 is 0 Å². The number of likely N-dealkylation sites (N-methyl/N-ethyl adjacent to an activating group) is 1. The zero-order valence-electron chi connectivity index (χ0n) is 13.5. The lowest BCUT2D eigenvalue weighted by Crippen LogP contribution is -2.48. The van der Waals surface area contributed by atoms with E-state index in [-0.39, 0.29) is 24.3 Å². The van der Waals surface area contributed by atoms with Crippen LogP contribution in [0.4, 0.5) is 0 Å². The lowest BCUT2D eigenvalue weighted by atomic mass is 10.2. The molecule has 0 aliphatic carbocycles. The summed E-state index contributed by atoms with van der Waals surface area (Å²) in [4.78, 5) is 25.9. The maximum atomic E-state index is 12.6. The van der Waals surface area contributed by atoms with Crippen molar-refractivity contribution in [3.63, 3.8) is 0 Å². The standard InChI is InChI=1S/C16H19N3O5/c1-11(20)19-16(15(21)18(2)10-13-22-8-9-23-13)24-14(17-19)12-6-4-3-5-7-12/h3-7,13,16H,8-10H2,1-2H3. The summed E-state index contributed by atoms with van der Waals surface area (Å²) in [6.07, 6.45) is -1.58. The number of carbonyl (C=O) groups excluding carboxylic acids is 2. The Kier molecular flexibility index (Phi) is 4.77. The molecule has 2 amide bonds. The van der Waals surface area contributed by atoms with Crippen molar-refractivity contribution in [2.45, 2.75) is 19.4 Å². The maximum absolute atomic E-state index is 12.6. The summed E-state index contributed by atoms with van der Waals surface area (Å²) in [6.45, 7) is 2.61. The van der Waals surface area contributed by atoms with Gasteiger partial charge in [0.25, 0.3) is 12.1 Å². The molecule has 0 aromatic heterocycles. The van der Waals surface area contributed by atoms with Crippen LogP contribution in [0.25, 0.3) is 0 Å². The van der Waals surface area contributed by atoms with E-state index in [2.05, 4.69) is 5.10 Å². The number of hydrogen-bond donors (Lipinski definition) is 0. The van der Waals surface area contributed by atoms with E-state index < -0.39 is 12.5 Å². The maximum Gasteiger partial charge on any atom is 0.287 e. The quantitative estimate of drug-likeness (QED) is 0.796. The molecule has 8 nitrogen and oxygen atoms in total. The molecule has 0 spiro atoms. The molecule has 1 atom stereocenters. The van der Waals surface area contributed by atoms with Gasteiger partial charge in [0.1, 0.15) is 0 Å². The van der Waals surface area contributed by atoms with Gasteiger partial charge in [-0.3, -0.25) is 9.59 Å². The highest BCUT2D eigenvalue weighted by molar-refractivity contribution is 5.99. The molecule has 2 heterocycles. The van der Waals surface area contributed by atoms with Crippen molar-refractivity contribution in [2.75, 3.05) is 26.8 Å². The Hall–Kier alpha value is -2.45. The molecule has 0 radical (unpaired) electrons. The van der Waals surface area contributed by atoms with Gasteiger partial charge in [-0.2, -0.15) is 5.01 Å². The van der Waals surface area contributed by atoms with Gasteiger partial charge in [0, 0.05) is 19.5 Å². The van der Waals surface area contributed by atoms with Gasteiger partial charge in [0.2, 0.25) is 11.8 Å². The van der Waals surface area contributed by atoms with Crippen LogP contribution in [0.5, 0.6) is 0 Å². The highest BCUT2D eigenvalue weighted by Crippen LogP contribution is 2.19. The molecular weight excluding hydrogens is 314 g/mol. The molecular formula is C16H19N3O5. The monoisotopic (exact) mass is 333 g/mol. The zero-order valence-corrected chi connectivity index (χ0v) is 13.5. The zero-order chi connectivity index (χ0) is 17.1. The van der Waals surface area contributed by atoms with Crippen molar-refractivity contribution in [3.8, 4) is 0 Å². The first-order chi connectivity index (χ1) is 11.6. The Labute approximate surface area is 139 Å². The number of carbonyl (C=O) groups is 2. The van der Waals surface area contributed by atoms with E-state index in [1.807, 2.05) is 18.2 Å². The van der Waals surface area contributed by atoms with Gasteiger partial charge in [-0.05, 0) is 12.1 Å². The highest BCUT2D eigenvalue weighted by atomic mass is 16.7. The molecule has 0 bridgehead atoms. The van der Waals surface area contributed by atoms with Crippen molar-refractivity contribution in [1.29, 1.82) is 0 Å². The largest absolute Gasteiger partial charge is 0.440 e. The van der Waals surface area contributed by atoms with Crippen LogP contribution in [0.3, 0.4) is 0 Å². The SMILES string of the molecule is CC(=O)N1N=C(c2ccccc2)OC1C(=O)N(C)CC1OCCO1. The number of nitrogens with zero attached hydrogens (tertiary/aromatic N) is 3. The van der Waals surface area contributed by atoms with Crippen LogP contribution in [0.1, 0.15) is 12.5 Å². The second kappa shape index (κ2) is 6.98. The van der Waals surface area contributed by atoms with E-state index >= 15 is 0 Å². The van der Waals surface area contributed by atoms with Crippen LogP contribution in [0, 0.1) is 0 Å². The summed E-state index contributed by atoms with van der Waals surface area (Å²) in [5.74, 6) is -0.522. The fourth-order valence-electron chi connectivity index (χ4n) is 2.44. The molecule has 2 aliphatic rings. The second-order valence-corrected chi connectivity index (χ2v) is 5.49. The summed E-state index contributed by atoms with van der Waals surface area (Å²) in [7, 11) is 1.61. The van der Waals surface area contributed by atoms with Crippen LogP contribution in [-0.2, 0) is 23.8 Å². The van der Waals surface area contributed by atoms with Gasteiger partial charge < -0.3 is 19.1 Å². The molecule has 0 N–H and O–H groups in total. The van der Waals surface area contributed by atoms with Gasteiger partial charge in [-0.1, -0.05) is 18.2 Å². The first kappa shape index (κ1) is 16.4. The third kappa shape index (κ3) is 3.39. The third-order valence-corrected chi connectivity index (χ3v) is 3.69. The van der Waals surface area contributed by atoms with Gasteiger partial charge in [0.05, 0.1) is 19.8 Å². The lowest BCUT2D eigenvalue weighted by molar-refractivity contribution is -0.156. The predicted molar refractivity (Wildman–Crippen MR) is 83.7 cm³/mol. The molecule has 1 fully saturated rings. The summed E-state index contributed by atoms with van der Waals surface area (Å²) in [6, 6.07) is 9.12. The van der Waals surface area contributed by atoms with Gasteiger partial charge in [-0.15, -0.1) is 5.10 Å². The van der Waals surface area contributed by atoms with E-state index in [0.717, 1.165) is 5.01 Å². The molecule has 3 rings (SSSR count). The van der Waals surface area contributed by atoms with Crippen LogP contribution in [0.15, 0.2) is 35.4 Å². The minimum atomic E-state index is -1.12. The number of amides is 2. The van der Waals surface area contributed by atoms with E-state index in [0.29, 0.717) is 18.8 Å². The minimum absolute atomic E-state index is 0.242. The van der Waals surface area contributed by atoms with E-state index in [1.54, 1.807) is 19.2 Å². The number of ether oxygens (including phenoxy) is 3. The van der Waals surface area contributed by atoms with E-state index in [4.69, 9.17) is 14.2 Å². The molecule has 24 heavy (non-hydrogen) atoms. The van der Waals surface area contributed by atoms with E-state index in [9.17, 15) is 9.59 Å². The van der Waals surface area contributed by atoms with Gasteiger partial charge in [-0.25, -0.2) is 0 Å². The predicted octanol–water partition coefficient (Wildman–Crippen LogP) is 0.384. The Balaban J connectivity index is 1.72. The topological polar surface area (TPSA) is 80.7 Å². The lowest BCUT2D eigenvalue weighted by Gasteiger charge is -2.25. The Bertz CT molecular complexity index is 642. The van der Waals surface area contributed by atoms with Gasteiger partial charge >= 0.3 is 0 Å². The van der Waals surface area contributed by atoms with Crippen LogP contribution in [0.2, 0.25) is 0 Å². The highest BCUT2D eigenvalue weighted by Gasteiger charge is 2.39. The number of hydrazone groups is 1. The first-order valence-electron chi connectivity index (χ1n) is 7.65.